The lowest BCUT2D eigenvalue weighted by Crippen LogP contribution is -2.38. The van der Waals surface area contributed by atoms with Gasteiger partial charge < -0.3 is 25.6 Å². The number of hydrogen-bond acceptors (Lipinski definition) is 3. The molecule has 2 aromatic rings. The molecule has 0 bridgehead atoms. The number of likely N-dealkylation sites (tertiary alicyclic amines) is 1. The molecule has 0 atom stereocenters. The van der Waals surface area contributed by atoms with E-state index in [9.17, 15) is 4.79 Å². The molecule has 0 radical (unpaired) electrons. The minimum absolute atomic E-state index is 0. The van der Waals surface area contributed by atoms with Crippen molar-refractivity contribution in [2.24, 2.45) is 4.99 Å². The second-order valence-corrected chi connectivity index (χ2v) is 7.54. The van der Waals surface area contributed by atoms with Crippen molar-refractivity contribution in [2.75, 3.05) is 38.6 Å². The third-order valence-corrected chi connectivity index (χ3v) is 5.20. The average Bonchev–Trinajstić information content (AvgIpc) is 3.33. The van der Waals surface area contributed by atoms with Gasteiger partial charge in [-0.15, -0.1) is 24.0 Å². The van der Waals surface area contributed by atoms with Crippen molar-refractivity contribution < 1.29 is 9.53 Å². The van der Waals surface area contributed by atoms with Crippen LogP contribution in [0.3, 0.4) is 0 Å². The van der Waals surface area contributed by atoms with Gasteiger partial charge in [-0.3, -0.25) is 0 Å². The van der Waals surface area contributed by atoms with Gasteiger partial charge in [-0.1, -0.05) is 24.3 Å². The molecular formula is C24H34IN5O2. The van der Waals surface area contributed by atoms with Crippen LogP contribution in [0.4, 0.5) is 10.5 Å². The highest BCUT2D eigenvalue weighted by molar-refractivity contribution is 14.0. The topological polar surface area (TPSA) is 78.0 Å². The molecule has 0 spiro atoms. The molecule has 0 aromatic heterocycles. The molecule has 1 heterocycles. The van der Waals surface area contributed by atoms with E-state index in [2.05, 4.69) is 35.0 Å². The number of hydrogen-bond donors (Lipinski definition) is 3. The second-order valence-electron chi connectivity index (χ2n) is 7.54. The van der Waals surface area contributed by atoms with Crippen LogP contribution in [0.5, 0.6) is 5.75 Å². The Labute approximate surface area is 208 Å². The van der Waals surface area contributed by atoms with Gasteiger partial charge in [-0.05, 0) is 61.6 Å². The fourth-order valence-electron chi connectivity index (χ4n) is 3.50. The Morgan fingerprint density at radius 2 is 1.81 bits per heavy atom. The summed E-state index contributed by atoms with van der Waals surface area (Å²) >= 11 is 0. The molecule has 0 aliphatic carbocycles. The van der Waals surface area contributed by atoms with Crippen LogP contribution in [0.15, 0.2) is 53.5 Å². The molecular weight excluding hydrogens is 517 g/mol. The number of amides is 2. The minimum atomic E-state index is -0.0216. The number of carbonyl (C=O) groups excluding carboxylic acids is 1. The fourth-order valence-corrected chi connectivity index (χ4v) is 3.50. The van der Waals surface area contributed by atoms with Crippen LogP contribution >= 0.6 is 24.0 Å². The molecule has 7 nitrogen and oxygen atoms in total. The average molecular weight is 551 g/mol. The Morgan fingerprint density at radius 3 is 2.50 bits per heavy atom. The van der Waals surface area contributed by atoms with Crippen LogP contribution in [0.1, 0.15) is 30.9 Å². The molecule has 3 N–H and O–H groups in total. The minimum Gasteiger partial charge on any atom is -0.497 e. The van der Waals surface area contributed by atoms with E-state index >= 15 is 0 Å². The summed E-state index contributed by atoms with van der Waals surface area (Å²) in [6.45, 7) is 5.83. The second kappa shape index (κ2) is 13.8. The Morgan fingerprint density at radius 1 is 1.06 bits per heavy atom. The molecule has 1 fully saturated rings. The number of nitrogens with zero attached hydrogens (tertiary/aromatic N) is 2. The summed E-state index contributed by atoms with van der Waals surface area (Å²) < 4.78 is 5.20. The normalized spacial score (nSPS) is 13.3. The highest BCUT2D eigenvalue weighted by atomic mass is 127. The van der Waals surface area contributed by atoms with E-state index in [0.717, 1.165) is 68.4 Å². The van der Waals surface area contributed by atoms with Crippen molar-refractivity contribution in [1.82, 2.24) is 15.5 Å². The SMILES string of the molecule is CCNC(=NCc1cccc(NC(=O)N2CCCC2)c1)NCCc1ccc(OC)cc1.I. The predicted molar refractivity (Wildman–Crippen MR) is 141 cm³/mol. The Hall–Kier alpha value is -2.49. The van der Waals surface area contributed by atoms with E-state index < -0.39 is 0 Å². The summed E-state index contributed by atoms with van der Waals surface area (Å²) in [5.41, 5.74) is 3.10. The molecule has 2 aromatic carbocycles. The molecule has 32 heavy (non-hydrogen) atoms. The van der Waals surface area contributed by atoms with Crippen molar-refractivity contribution in [3.05, 3.63) is 59.7 Å². The van der Waals surface area contributed by atoms with Gasteiger partial charge in [-0.2, -0.15) is 0 Å². The highest BCUT2D eigenvalue weighted by Gasteiger charge is 2.17. The molecule has 2 amide bonds. The zero-order chi connectivity index (χ0) is 21.9. The number of rotatable bonds is 8. The number of methoxy groups -OCH3 is 1. The zero-order valence-electron chi connectivity index (χ0n) is 18.9. The van der Waals surface area contributed by atoms with Crippen LogP contribution in [0.2, 0.25) is 0 Å². The molecule has 1 aliphatic heterocycles. The number of aliphatic imine (C=N–C) groups is 1. The van der Waals surface area contributed by atoms with E-state index in [1.165, 1.54) is 5.56 Å². The van der Waals surface area contributed by atoms with Crippen molar-refractivity contribution in [3.8, 4) is 5.75 Å². The number of guanidine groups is 1. The highest BCUT2D eigenvalue weighted by Crippen LogP contribution is 2.15. The maximum Gasteiger partial charge on any atom is 0.321 e. The monoisotopic (exact) mass is 551 g/mol. The van der Waals surface area contributed by atoms with Crippen LogP contribution < -0.4 is 20.7 Å². The number of ether oxygens (including phenoxy) is 1. The third kappa shape index (κ3) is 8.22. The molecule has 1 aliphatic rings. The standard InChI is InChI=1S/C24H33N5O2.HI/c1-3-25-23(26-14-13-19-9-11-22(31-2)12-10-19)27-18-20-7-6-8-21(17-20)28-24(30)29-15-4-5-16-29;/h6-12,17H,3-5,13-16,18H2,1-2H3,(H,28,30)(H2,25,26,27);1H. The zero-order valence-corrected chi connectivity index (χ0v) is 21.2. The van der Waals surface area contributed by atoms with Gasteiger partial charge in [0.2, 0.25) is 0 Å². The molecule has 1 saturated heterocycles. The van der Waals surface area contributed by atoms with Gasteiger partial charge in [-0.25, -0.2) is 9.79 Å². The van der Waals surface area contributed by atoms with E-state index in [0.29, 0.717) is 6.54 Å². The molecule has 3 rings (SSSR count). The summed E-state index contributed by atoms with van der Waals surface area (Å²) in [6, 6.07) is 16.0. The number of anilines is 1. The van der Waals surface area contributed by atoms with Crippen LogP contribution in [-0.2, 0) is 13.0 Å². The van der Waals surface area contributed by atoms with Crippen LogP contribution in [0, 0.1) is 0 Å². The quantitative estimate of drug-likeness (QED) is 0.261. The van der Waals surface area contributed by atoms with Crippen LogP contribution in [0.25, 0.3) is 0 Å². The lowest BCUT2D eigenvalue weighted by Gasteiger charge is -2.16. The predicted octanol–water partition coefficient (Wildman–Crippen LogP) is 4.24. The van der Waals surface area contributed by atoms with Gasteiger partial charge in [0, 0.05) is 31.9 Å². The lowest BCUT2D eigenvalue weighted by molar-refractivity contribution is 0.222. The van der Waals surface area contributed by atoms with Gasteiger partial charge in [0.25, 0.3) is 0 Å². The Balaban J connectivity index is 0.00000363. The first-order valence-electron chi connectivity index (χ1n) is 11.0. The van der Waals surface area contributed by atoms with Gasteiger partial charge in [0.1, 0.15) is 5.75 Å². The summed E-state index contributed by atoms with van der Waals surface area (Å²) in [7, 11) is 1.67. The molecule has 0 saturated carbocycles. The van der Waals surface area contributed by atoms with Crippen molar-refractivity contribution in [1.29, 1.82) is 0 Å². The first-order valence-corrected chi connectivity index (χ1v) is 11.0. The van der Waals surface area contributed by atoms with E-state index in [-0.39, 0.29) is 30.0 Å². The number of halogens is 1. The third-order valence-electron chi connectivity index (χ3n) is 5.20. The van der Waals surface area contributed by atoms with E-state index in [1.54, 1.807) is 7.11 Å². The molecule has 8 heteroatoms. The largest absolute Gasteiger partial charge is 0.497 e. The lowest BCUT2D eigenvalue weighted by atomic mass is 10.1. The number of urea groups is 1. The van der Waals surface area contributed by atoms with Crippen molar-refractivity contribution >= 4 is 41.7 Å². The maximum atomic E-state index is 12.3. The molecule has 0 unspecified atom stereocenters. The van der Waals surface area contributed by atoms with E-state index in [1.807, 2.05) is 41.3 Å². The Kier molecular flexibility index (Phi) is 11.1. The fraction of sp³-hybridized carbons (Fsp3) is 0.417. The first kappa shape index (κ1) is 25.8. The van der Waals surface area contributed by atoms with Gasteiger partial charge >= 0.3 is 6.03 Å². The van der Waals surface area contributed by atoms with Crippen molar-refractivity contribution in [3.63, 3.8) is 0 Å². The maximum absolute atomic E-state index is 12.3. The Bertz CT molecular complexity index is 867. The number of carbonyl (C=O) groups is 1. The first-order chi connectivity index (χ1) is 15.2. The summed E-state index contributed by atoms with van der Waals surface area (Å²) in [4.78, 5) is 18.9. The molecule has 174 valence electrons. The van der Waals surface area contributed by atoms with Gasteiger partial charge in [0.15, 0.2) is 5.96 Å². The summed E-state index contributed by atoms with van der Waals surface area (Å²) in [5.74, 6) is 1.65. The van der Waals surface area contributed by atoms with Crippen LogP contribution in [-0.4, -0.2) is 50.2 Å². The van der Waals surface area contributed by atoms with Crippen molar-refractivity contribution in [2.45, 2.75) is 32.7 Å². The summed E-state index contributed by atoms with van der Waals surface area (Å²) in [5, 5.41) is 9.66. The summed E-state index contributed by atoms with van der Waals surface area (Å²) in [6.07, 6.45) is 3.06. The smallest absolute Gasteiger partial charge is 0.321 e. The number of nitrogens with one attached hydrogen (secondary N) is 3. The van der Waals surface area contributed by atoms with Gasteiger partial charge in [0.05, 0.1) is 13.7 Å². The van der Waals surface area contributed by atoms with E-state index in [4.69, 9.17) is 9.73 Å². The number of benzene rings is 2.